The van der Waals surface area contributed by atoms with E-state index in [0.717, 1.165) is 5.69 Å². The van der Waals surface area contributed by atoms with Crippen LogP contribution in [0.3, 0.4) is 0 Å². The maximum absolute atomic E-state index is 2.52. The number of benzene rings is 6. The van der Waals surface area contributed by atoms with Crippen molar-refractivity contribution < 1.29 is 0 Å². The fourth-order valence-corrected chi connectivity index (χ4v) is 8.35. The summed E-state index contributed by atoms with van der Waals surface area (Å²) >= 11 is 0. The third-order valence-electron chi connectivity index (χ3n) is 11.4. The second kappa shape index (κ2) is 11.1. The molecule has 0 aliphatic heterocycles. The van der Waals surface area contributed by atoms with Gasteiger partial charge in [0.15, 0.2) is 0 Å². The fraction of sp³-hybridized carbons (Fsp3) is 0.234. The molecule has 0 saturated heterocycles. The van der Waals surface area contributed by atoms with Crippen LogP contribution in [0.4, 0.5) is 17.1 Å². The topological polar surface area (TPSA) is 3.24 Å². The summed E-state index contributed by atoms with van der Waals surface area (Å²) in [5.74, 6) is 0. The molecule has 0 atom stereocenters. The molecule has 2 aliphatic carbocycles. The zero-order chi connectivity index (χ0) is 33.3. The summed E-state index contributed by atoms with van der Waals surface area (Å²) in [5.41, 5.74) is 17.1. The largest absolute Gasteiger partial charge is 0.310 e. The van der Waals surface area contributed by atoms with Gasteiger partial charge in [0.1, 0.15) is 0 Å². The van der Waals surface area contributed by atoms with Crippen LogP contribution in [-0.4, -0.2) is 0 Å². The van der Waals surface area contributed by atoms with Gasteiger partial charge in [0, 0.05) is 22.4 Å². The monoisotopic (exact) mass is 623 g/mol. The van der Waals surface area contributed by atoms with E-state index >= 15 is 0 Å². The molecular weight excluding hydrogens is 579 g/mol. The number of nitrogens with zero attached hydrogens (tertiary/aromatic N) is 1. The minimum Gasteiger partial charge on any atom is -0.310 e. The third-order valence-corrected chi connectivity index (χ3v) is 11.4. The van der Waals surface area contributed by atoms with Crippen LogP contribution in [0.2, 0.25) is 0 Å². The molecule has 0 N–H and O–H groups in total. The van der Waals surface area contributed by atoms with Crippen molar-refractivity contribution >= 4 is 17.1 Å². The lowest BCUT2D eigenvalue weighted by molar-refractivity contribution is 0.332. The second-order valence-electron chi connectivity index (χ2n) is 15.7. The number of fused-ring (bicyclic) bond motifs is 4. The van der Waals surface area contributed by atoms with Gasteiger partial charge in [-0.05, 0) is 110 Å². The molecule has 2 aliphatic rings. The molecule has 1 heteroatoms. The first kappa shape index (κ1) is 30.5. The average molecular weight is 624 g/mol. The Kier molecular flexibility index (Phi) is 7.04. The first-order valence-electron chi connectivity index (χ1n) is 17.5. The molecule has 0 heterocycles. The van der Waals surface area contributed by atoms with Gasteiger partial charge >= 0.3 is 0 Å². The Balaban J connectivity index is 1.40. The van der Waals surface area contributed by atoms with Gasteiger partial charge in [-0.1, -0.05) is 145 Å². The van der Waals surface area contributed by atoms with Crippen molar-refractivity contribution in [1.29, 1.82) is 0 Å². The first-order chi connectivity index (χ1) is 23.0. The fourth-order valence-electron chi connectivity index (χ4n) is 8.35. The predicted octanol–water partition coefficient (Wildman–Crippen LogP) is 13.1. The number of anilines is 3. The number of hydrogen-bond donors (Lipinski definition) is 0. The minimum atomic E-state index is -0.111. The highest BCUT2D eigenvalue weighted by molar-refractivity contribution is 5.95. The van der Waals surface area contributed by atoms with Crippen LogP contribution in [0.1, 0.15) is 76.6 Å². The van der Waals surface area contributed by atoms with Crippen LogP contribution in [0.25, 0.3) is 33.4 Å². The molecule has 238 valence electrons. The van der Waals surface area contributed by atoms with Crippen molar-refractivity contribution in [3.8, 4) is 33.4 Å². The quantitative estimate of drug-likeness (QED) is 0.185. The summed E-state index contributed by atoms with van der Waals surface area (Å²) in [6, 6.07) is 52.0. The average Bonchev–Trinajstić information content (AvgIpc) is 3.33. The maximum atomic E-state index is 2.52. The Morgan fingerprint density at radius 3 is 1.65 bits per heavy atom. The standard InChI is InChI=1S/C47H45N/c1-45(2)27-28-46(3,4)43-29-36(25-26-41(43)45)48(35-23-21-33(22-24-35)32-15-9-7-10-16-32)44-31-42-39(30-38(44)34-17-11-8-12-18-34)37-19-13-14-20-40(37)47(42,5)6/h7-26,29-31H,27-28H2,1-6H3. The summed E-state index contributed by atoms with van der Waals surface area (Å²) in [7, 11) is 0. The van der Waals surface area contributed by atoms with Crippen LogP contribution < -0.4 is 4.90 Å². The lowest BCUT2D eigenvalue weighted by Crippen LogP contribution is -2.34. The molecule has 0 amide bonds. The van der Waals surface area contributed by atoms with Crippen LogP contribution in [-0.2, 0) is 16.2 Å². The van der Waals surface area contributed by atoms with Gasteiger partial charge in [-0.25, -0.2) is 0 Å². The Morgan fingerprint density at radius 2 is 0.958 bits per heavy atom. The van der Waals surface area contributed by atoms with Gasteiger partial charge < -0.3 is 4.90 Å². The predicted molar refractivity (Wildman–Crippen MR) is 205 cm³/mol. The highest BCUT2D eigenvalue weighted by atomic mass is 15.1. The number of hydrogen-bond acceptors (Lipinski definition) is 1. The van der Waals surface area contributed by atoms with E-state index in [0.29, 0.717) is 0 Å². The molecule has 0 spiro atoms. The van der Waals surface area contributed by atoms with Gasteiger partial charge in [-0.2, -0.15) is 0 Å². The summed E-state index contributed by atoms with van der Waals surface area (Å²) < 4.78 is 0. The van der Waals surface area contributed by atoms with E-state index in [1.807, 2.05) is 0 Å². The van der Waals surface area contributed by atoms with Crippen molar-refractivity contribution in [2.24, 2.45) is 0 Å². The number of rotatable bonds is 5. The smallest absolute Gasteiger partial charge is 0.0543 e. The summed E-state index contributed by atoms with van der Waals surface area (Å²) in [6.07, 6.45) is 2.39. The lowest BCUT2D eigenvalue weighted by Gasteiger charge is -2.42. The van der Waals surface area contributed by atoms with Gasteiger partial charge in [-0.15, -0.1) is 0 Å². The molecule has 0 saturated carbocycles. The molecule has 0 radical (unpaired) electrons. The summed E-state index contributed by atoms with van der Waals surface area (Å²) in [6.45, 7) is 14.4. The Hall–Kier alpha value is -4.88. The van der Waals surface area contributed by atoms with E-state index in [9.17, 15) is 0 Å². The third kappa shape index (κ3) is 4.91. The SMILES string of the molecule is CC1(C)CCC(C)(C)c2cc(N(c3ccc(-c4ccccc4)cc3)c3cc4c(cc3-c3ccccc3)-c3ccccc3C4(C)C)ccc21. The van der Waals surface area contributed by atoms with E-state index in [1.54, 1.807) is 0 Å². The maximum Gasteiger partial charge on any atom is 0.0543 e. The van der Waals surface area contributed by atoms with Crippen molar-refractivity contribution in [2.75, 3.05) is 4.90 Å². The van der Waals surface area contributed by atoms with Crippen molar-refractivity contribution in [1.82, 2.24) is 0 Å². The molecule has 0 bridgehead atoms. The van der Waals surface area contributed by atoms with E-state index in [4.69, 9.17) is 0 Å². The normalized spacial score (nSPS) is 16.5. The minimum absolute atomic E-state index is 0.105. The molecule has 1 nitrogen and oxygen atoms in total. The van der Waals surface area contributed by atoms with Gasteiger partial charge in [0.05, 0.1) is 5.69 Å². The van der Waals surface area contributed by atoms with Gasteiger partial charge in [0.2, 0.25) is 0 Å². The van der Waals surface area contributed by atoms with Crippen LogP contribution >= 0.6 is 0 Å². The molecule has 0 fully saturated rings. The molecule has 6 aromatic carbocycles. The van der Waals surface area contributed by atoms with Gasteiger partial charge in [-0.3, -0.25) is 0 Å². The summed E-state index contributed by atoms with van der Waals surface area (Å²) in [5, 5.41) is 0. The van der Waals surface area contributed by atoms with Crippen molar-refractivity contribution in [2.45, 2.75) is 70.6 Å². The molecule has 8 rings (SSSR count). The van der Waals surface area contributed by atoms with E-state index in [-0.39, 0.29) is 16.2 Å². The Morgan fingerprint density at radius 1 is 0.396 bits per heavy atom. The van der Waals surface area contributed by atoms with E-state index in [1.165, 1.54) is 79.9 Å². The van der Waals surface area contributed by atoms with E-state index in [2.05, 4.69) is 186 Å². The Bertz CT molecular complexity index is 2130. The second-order valence-corrected chi connectivity index (χ2v) is 15.7. The molecule has 0 aromatic heterocycles. The zero-order valence-corrected chi connectivity index (χ0v) is 29.1. The highest BCUT2D eigenvalue weighted by Gasteiger charge is 2.39. The van der Waals surface area contributed by atoms with Gasteiger partial charge in [0.25, 0.3) is 0 Å². The summed E-state index contributed by atoms with van der Waals surface area (Å²) in [4.78, 5) is 2.52. The lowest BCUT2D eigenvalue weighted by atomic mass is 9.63. The highest BCUT2D eigenvalue weighted by Crippen LogP contribution is 2.54. The van der Waals surface area contributed by atoms with Crippen molar-refractivity contribution in [3.63, 3.8) is 0 Å². The van der Waals surface area contributed by atoms with Crippen LogP contribution in [0, 0.1) is 0 Å². The van der Waals surface area contributed by atoms with Crippen LogP contribution in [0.5, 0.6) is 0 Å². The van der Waals surface area contributed by atoms with Crippen molar-refractivity contribution in [3.05, 3.63) is 162 Å². The molecule has 48 heavy (non-hydrogen) atoms. The molecule has 6 aromatic rings. The Labute approximate surface area is 286 Å². The van der Waals surface area contributed by atoms with Crippen LogP contribution in [0.15, 0.2) is 140 Å². The van der Waals surface area contributed by atoms with E-state index < -0.39 is 0 Å². The zero-order valence-electron chi connectivity index (χ0n) is 29.1. The molecule has 0 unspecified atom stereocenters. The molecular formula is C47H45N. The first-order valence-corrected chi connectivity index (χ1v) is 17.5.